The fourth-order valence-corrected chi connectivity index (χ4v) is 6.42. The van der Waals surface area contributed by atoms with E-state index in [1.165, 1.54) is 11.1 Å². The van der Waals surface area contributed by atoms with Gasteiger partial charge in [-0.25, -0.2) is 8.42 Å². The van der Waals surface area contributed by atoms with E-state index in [4.69, 9.17) is 9.84 Å². The number of rotatable bonds is 13. The summed E-state index contributed by atoms with van der Waals surface area (Å²) in [6.45, 7) is 12.1. The lowest BCUT2D eigenvalue weighted by Gasteiger charge is -2.34. The van der Waals surface area contributed by atoms with Crippen molar-refractivity contribution in [2.24, 2.45) is 5.92 Å². The first-order valence-electron chi connectivity index (χ1n) is 12.3. The Kier molecular flexibility index (Phi) is 10.2. The van der Waals surface area contributed by atoms with Crippen LogP contribution in [0.1, 0.15) is 68.4 Å². The Morgan fingerprint density at radius 3 is 2.06 bits per heavy atom. The van der Waals surface area contributed by atoms with Gasteiger partial charge in [-0.15, -0.1) is 0 Å². The summed E-state index contributed by atoms with van der Waals surface area (Å²) in [5.74, 6) is 1.26. The second kappa shape index (κ2) is 12.2. The van der Waals surface area contributed by atoms with Crippen LogP contribution in [0.2, 0.25) is 0 Å². The molecule has 1 atom stereocenters. The molecule has 2 N–H and O–H groups in total. The number of ether oxygens (including phenoxy) is 1. The van der Waals surface area contributed by atoms with E-state index in [0.29, 0.717) is 12.2 Å². The molecule has 34 heavy (non-hydrogen) atoms. The predicted octanol–water partition coefficient (Wildman–Crippen LogP) is 4.75. The number of benzene rings is 2. The van der Waals surface area contributed by atoms with E-state index < -0.39 is 15.9 Å². The maximum atomic E-state index is 12.4. The van der Waals surface area contributed by atoms with Gasteiger partial charge in [0.05, 0.1) is 18.1 Å². The minimum Gasteiger partial charge on any atom is -0.491 e. The number of aliphatic hydroxyl groups is 2. The van der Waals surface area contributed by atoms with Gasteiger partial charge in [-0.05, 0) is 72.9 Å². The van der Waals surface area contributed by atoms with Crippen LogP contribution in [0, 0.1) is 19.8 Å². The first-order valence-corrected chi connectivity index (χ1v) is 14.1. The van der Waals surface area contributed by atoms with E-state index in [1.54, 1.807) is 0 Å². The first-order chi connectivity index (χ1) is 16.0. The summed E-state index contributed by atoms with van der Waals surface area (Å²) in [7, 11) is -3.05. The number of hydrogen-bond acceptors (Lipinski definition) is 5. The van der Waals surface area contributed by atoms with Crippen molar-refractivity contribution in [2.75, 3.05) is 24.7 Å². The number of hydrogen-bond donors (Lipinski definition) is 2. The molecule has 6 heteroatoms. The summed E-state index contributed by atoms with van der Waals surface area (Å²) in [6, 6.07) is 12.6. The highest BCUT2D eigenvalue weighted by Crippen LogP contribution is 2.41. The van der Waals surface area contributed by atoms with Crippen LogP contribution in [0.5, 0.6) is 5.75 Å². The monoisotopic (exact) mass is 490 g/mol. The van der Waals surface area contributed by atoms with Gasteiger partial charge in [-0.2, -0.15) is 0 Å². The van der Waals surface area contributed by atoms with Crippen molar-refractivity contribution >= 4 is 9.84 Å². The zero-order valence-corrected chi connectivity index (χ0v) is 22.4. The van der Waals surface area contributed by atoms with Gasteiger partial charge in [-0.3, -0.25) is 0 Å². The Balaban J connectivity index is 2.31. The van der Waals surface area contributed by atoms with Gasteiger partial charge in [-0.1, -0.05) is 58.0 Å². The molecular weight excluding hydrogens is 448 g/mol. The summed E-state index contributed by atoms with van der Waals surface area (Å²) in [4.78, 5) is 0. The number of aryl methyl sites for hydroxylation is 3. The zero-order valence-electron chi connectivity index (χ0n) is 21.6. The quantitative estimate of drug-likeness (QED) is 0.423. The lowest BCUT2D eigenvalue weighted by atomic mass is 9.70. The molecule has 2 aromatic carbocycles. The van der Waals surface area contributed by atoms with E-state index in [0.717, 1.165) is 29.5 Å². The molecule has 0 aromatic heterocycles. The van der Waals surface area contributed by atoms with Crippen LogP contribution in [-0.2, 0) is 21.7 Å². The van der Waals surface area contributed by atoms with Gasteiger partial charge in [0, 0.05) is 5.41 Å². The fraction of sp³-hybridized carbons (Fsp3) is 0.571. The minimum absolute atomic E-state index is 0.0525. The van der Waals surface area contributed by atoms with Crippen molar-refractivity contribution in [1.29, 1.82) is 0 Å². The second-order valence-corrected chi connectivity index (χ2v) is 12.0. The molecule has 0 fully saturated rings. The molecule has 0 saturated heterocycles. The van der Waals surface area contributed by atoms with Crippen molar-refractivity contribution in [3.8, 4) is 5.75 Å². The smallest absolute Gasteiger partial charge is 0.150 e. The highest BCUT2D eigenvalue weighted by Gasteiger charge is 2.31. The maximum absolute atomic E-state index is 12.4. The third-order valence-corrected chi connectivity index (χ3v) is 8.74. The molecule has 0 radical (unpaired) electrons. The normalized spacial score (nSPS) is 13.3. The van der Waals surface area contributed by atoms with E-state index in [9.17, 15) is 13.5 Å². The molecule has 0 amide bonds. The summed E-state index contributed by atoms with van der Waals surface area (Å²) in [5, 5.41) is 18.6. The first kappa shape index (κ1) is 28.3. The van der Waals surface area contributed by atoms with E-state index in [1.807, 2.05) is 26.8 Å². The van der Waals surface area contributed by atoms with Gasteiger partial charge in [0.2, 0.25) is 0 Å². The second-order valence-electron chi connectivity index (χ2n) is 9.82. The van der Waals surface area contributed by atoms with Crippen LogP contribution < -0.4 is 4.74 Å². The topological polar surface area (TPSA) is 83.8 Å². The van der Waals surface area contributed by atoms with Gasteiger partial charge < -0.3 is 14.9 Å². The van der Waals surface area contributed by atoms with E-state index in [2.05, 4.69) is 51.1 Å². The van der Waals surface area contributed by atoms with Crippen LogP contribution in [0.4, 0.5) is 0 Å². The summed E-state index contributed by atoms with van der Waals surface area (Å²) >= 11 is 0. The van der Waals surface area contributed by atoms with Crippen LogP contribution in [0.3, 0.4) is 0 Å². The average molecular weight is 491 g/mol. The summed E-state index contributed by atoms with van der Waals surface area (Å²) in [5.41, 5.74) is 5.46. The molecule has 0 saturated carbocycles. The Bertz CT molecular complexity index is 1040. The largest absolute Gasteiger partial charge is 0.491 e. The fourth-order valence-electron chi connectivity index (χ4n) is 4.71. The number of aliphatic hydroxyl groups excluding tert-OH is 2. The lowest BCUT2D eigenvalue weighted by molar-refractivity contribution is 0.0534. The van der Waals surface area contributed by atoms with Gasteiger partial charge >= 0.3 is 0 Å². The highest BCUT2D eigenvalue weighted by molar-refractivity contribution is 7.91. The molecule has 0 aliphatic carbocycles. The Labute approximate surface area is 206 Å². The van der Waals surface area contributed by atoms with E-state index >= 15 is 0 Å². The van der Waals surface area contributed by atoms with Gasteiger partial charge in [0.25, 0.3) is 0 Å². The summed E-state index contributed by atoms with van der Waals surface area (Å²) < 4.78 is 30.4. The molecule has 0 bridgehead atoms. The Morgan fingerprint density at radius 1 is 0.971 bits per heavy atom. The SMILES string of the molecule is CCC(CC)(c1ccc(CCS(=O)(=O)CC(C)C)c(C)c1)c1ccc(OC[C@@H](O)CO)c(C)c1. The lowest BCUT2D eigenvalue weighted by Crippen LogP contribution is -2.27. The summed E-state index contributed by atoms with van der Waals surface area (Å²) in [6.07, 6.45) is 1.49. The van der Waals surface area contributed by atoms with Crippen molar-refractivity contribution < 1.29 is 23.4 Å². The molecule has 0 unspecified atom stereocenters. The van der Waals surface area contributed by atoms with Crippen LogP contribution in [0.25, 0.3) is 0 Å². The van der Waals surface area contributed by atoms with Crippen molar-refractivity contribution in [1.82, 2.24) is 0 Å². The molecule has 2 aromatic rings. The van der Waals surface area contributed by atoms with Gasteiger partial charge in [0.1, 0.15) is 18.5 Å². The van der Waals surface area contributed by atoms with Crippen LogP contribution in [0.15, 0.2) is 36.4 Å². The molecule has 0 aliphatic heterocycles. The van der Waals surface area contributed by atoms with Crippen LogP contribution in [-0.4, -0.2) is 49.5 Å². The van der Waals surface area contributed by atoms with Crippen molar-refractivity contribution in [2.45, 2.75) is 72.3 Å². The molecule has 0 heterocycles. The van der Waals surface area contributed by atoms with E-state index in [-0.39, 0.29) is 36.1 Å². The predicted molar refractivity (Wildman–Crippen MR) is 140 cm³/mol. The molecule has 0 aliphatic rings. The molecule has 5 nitrogen and oxygen atoms in total. The maximum Gasteiger partial charge on any atom is 0.150 e. The molecular formula is C28H42O5S. The molecule has 190 valence electrons. The third-order valence-electron chi connectivity index (χ3n) is 6.74. The van der Waals surface area contributed by atoms with Gasteiger partial charge in [0.15, 0.2) is 9.84 Å². The van der Waals surface area contributed by atoms with Crippen molar-refractivity contribution in [3.05, 3.63) is 64.2 Å². The minimum atomic E-state index is -3.05. The standard InChI is InChI=1S/C28H42O5S/c1-7-28(8-2,25-11-12-27(22(6)16-25)33-18-26(30)17-29)24-10-9-23(21(5)15-24)13-14-34(31,32)19-20(3)4/h9-12,15-16,20,26,29-30H,7-8,13-14,17-19H2,1-6H3/t26-/m0/s1. The Hall–Kier alpha value is -1.89. The zero-order chi connectivity index (χ0) is 25.5. The Morgan fingerprint density at radius 2 is 1.56 bits per heavy atom. The van der Waals surface area contributed by atoms with Crippen LogP contribution >= 0.6 is 0 Å². The number of sulfone groups is 1. The highest BCUT2D eigenvalue weighted by atomic mass is 32.2. The average Bonchev–Trinajstić information content (AvgIpc) is 2.78. The third kappa shape index (κ3) is 7.06. The molecule has 0 spiro atoms. The van der Waals surface area contributed by atoms with Crippen molar-refractivity contribution in [3.63, 3.8) is 0 Å². The molecule has 2 rings (SSSR count).